The second-order valence-electron chi connectivity index (χ2n) is 7.85. The van der Waals surface area contributed by atoms with Crippen LogP contribution in [0, 0.1) is 11.3 Å². The first-order chi connectivity index (χ1) is 13.4. The van der Waals surface area contributed by atoms with E-state index in [1.54, 1.807) is 0 Å². The van der Waals surface area contributed by atoms with Crippen LogP contribution in [0.3, 0.4) is 0 Å². The Labute approximate surface area is 166 Å². The van der Waals surface area contributed by atoms with E-state index in [0.717, 1.165) is 35.1 Å². The number of hydrogen-bond acceptors (Lipinski definition) is 2. The molecule has 27 heavy (non-hydrogen) atoms. The van der Waals surface area contributed by atoms with E-state index in [4.69, 9.17) is 4.42 Å². The largest absolute Gasteiger partial charge is 0.460 e. The minimum Gasteiger partial charge on any atom is -0.460 e. The van der Waals surface area contributed by atoms with Gasteiger partial charge in [-0.15, -0.1) is 0 Å². The number of hydrogen-bond donors (Lipinski definition) is 0. The molecule has 0 spiro atoms. The molecule has 2 rings (SSSR count). The maximum atomic E-state index is 9.41. The van der Waals surface area contributed by atoms with Gasteiger partial charge >= 0.3 is 0 Å². The summed E-state index contributed by atoms with van der Waals surface area (Å²) in [5.41, 5.74) is 1.58. The molecule has 0 saturated heterocycles. The Bertz CT molecular complexity index is 679. The zero-order valence-corrected chi connectivity index (χ0v) is 17.3. The number of furan rings is 1. The topological polar surface area (TPSA) is 36.9 Å². The number of unbranched alkanes of at least 4 members (excludes halogenated alkanes) is 13. The van der Waals surface area contributed by atoms with Crippen molar-refractivity contribution in [2.45, 2.75) is 103 Å². The van der Waals surface area contributed by atoms with Crippen molar-refractivity contribution in [3.8, 4) is 6.07 Å². The summed E-state index contributed by atoms with van der Waals surface area (Å²) < 4.78 is 5.88. The van der Waals surface area contributed by atoms with Crippen LogP contribution in [0.5, 0.6) is 0 Å². The van der Waals surface area contributed by atoms with Crippen LogP contribution < -0.4 is 0 Å². The Morgan fingerprint density at radius 1 is 0.741 bits per heavy atom. The van der Waals surface area contributed by atoms with Gasteiger partial charge in [0.15, 0.2) is 0 Å². The summed E-state index contributed by atoms with van der Waals surface area (Å²) in [6.07, 6.45) is 20.0. The number of benzene rings is 1. The van der Waals surface area contributed by atoms with Crippen molar-refractivity contribution in [1.82, 2.24) is 0 Å². The molecule has 0 aliphatic heterocycles. The van der Waals surface area contributed by atoms with Crippen molar-refractivity contribution in [2.24, 2.45) is 0 Å². The lowest BCUT2D eigenvalue weighted by atomic mass is 10.0. The van der Waals surface area contributed by atoms with Gasteiger partial charge in [0.1, 0.15) is 23.0 Å². The van der Waals surface area contributed by atoms with Gasteiger partial charge in [-0.1, -0.05) is 103 Å². The van der Waals surface area contributed by atoms with E-state index >= 15 is 0 Å². The first-order valence-electron chi connectivity index (χ1n) is 11.3. The van der Waals surface area contributed by atoms with Crippen LogP contribution in [0.2, 0.25) is 0 Å². The molecule has 0 N–H and O–H groups in total. The molecule has 2 nitrogen and oxygen atoms in total. The molecule has 2 aromatic rings. The molecule has 0 fully saturated rings. The minimum absolute atomic E-state index is 0.736. The maximum absolute atomic E-state index is 9.41. The summed E-state index contributed by atoms with van der Waals surface area (Å²) in [5, 5.41) is 10.4. The van der Waals surface area contributed by atoms with Crippen LogP contribution in [-0.4, -0.2) is 0 Å². The first-order valence-corrected chi connectivity index (χ1v) is 11.3. The average molecular weight is 368 g/mol. The van der Waals surface area contributed by atoms with Gasteiger partial charge in [-0.2, -0.15) is 5.26 Å². The van der Waals surface area contributed by atoms with Crippen LogP contribution in [0.1, 0.15) is 108 Å². The summed E-state index contributed by atoms with van der Waals surface area (Å²) in [6.45, 7) is 2.28. The van der Waals surface area contributed by atoms with Crippen LogP contribution in [0.4, 0.5) is 0 Å². The quantitative estimate of drug-likeness (QED) is 0.297. The van der Waals surface area contributed by atoms with E-state index in [1.807, 2.05) is 24.3 Å². The third-order valence-corrected chi connectivity index (χ3v) is 5.54. The Morgan fingerprint density at radius 3 is 1.81 bits per heavy atom. The second kappa shape index (κ2) is 13.4. The smallest absolute Gasteiger partial charge is 0.135 e. The number of fused-ring (bicyclic) bond motifs is 1. The van der Waals surface area contributed by atoms with Crippen LogP contribution in [-0.2, 0) is 6.42 Å². The van der Waals surface area contributed by atoms with Gasteiger partial charge < -0.3 is 4.42 Å². The summed E-state index contributed by atoms with van der Waals surface area (Å²) >= 11 is 0. The normalized spacial score (nSPS) is 11.1. The molecule has 0 aliphatic carbocycles. The van der Waals surface area contributed by atoms with Gasteiger partial charge in [0, 0.05) is 11.8 Å². The van der Waals surface area contributed by atoms with E-state index in [1.165, 1.54) is 83.5 Å². The van der Waals surface area contributed by atoms with Gasteiger partial charge in [0.2, 0.25) is 0 Å². The highest BCUT2D eigenvalue weighted by Crippen LogP contribution is 2.26. The Balaban J connectivity index is 1.47. The summed E-state index contributed by atoms with van der Waals surface area (Å²) in [5.74, 6) is 0.873. The molecule has 0 atom stereocenters. The van der Waals surface area contributed by atoms with Crippen LogP contribution >= 0.6 is 0 Å². The highest BCUT2D eigenvalue weighted by molar-refractivity contribution is 5.84. The van der Waals surface area contributed by atoms with Gasteiger partial charge in [-0.05, 0) is 18.6 Å². The molecule has 0 bridgehead atoms. The van der Waals surface area contributed by atoms with Gasteiger partial charge in [0.25, 0.3) is 0 Å². The predicted molar refractivity (Wildman–Crippen MR) is 115 cm³/mol. The van der Waals surface area contributed by atoms with Gasteiger partial charge in [-0.25, -0.2) is 0 Å². The number of nitrogens with zero attached hydrogens (tertiary/aromatic N) is 1. The van der Waals surface area contributed by atoms with Gasteiger partial charge in [-0.3, -0.25) is 0 Å². The molecular weight excluding hydrogens is 330 g/mol. The van der Waals surface area contributed by atoms with E-state index in [0.29, 0.717) is 0 Å². The predicted octanol–water partition coefficient (Wildman–Crippen LogP) is 8.33. The summed E-state index contributed by atoms with van der Waals surface area (Å²) in [6, 6.07) is 10.2. The van der Waals surface area contributed by atoms with E-state index in [-0.39, 0.29) is 0 Å². The monoisotopic (exact) mass is 367 g/mol. The van der Waals surface area contributed by atoms with Crippen LogP contribution in [0.25, 0.3) is 11.0 Å². The number of aryl methyl sites for hydroxylation is 1. The average Bonchev–Trinajstić information content (AvgIpc) is 3.05. The molecule has 0 amide bonds. The third kappa shape index (κ3) is 7.79. The van der Waals surface area contributed by atoms with Crippen molar-refractivity contribution in [3.05, 3.63) is 35.6 Å². The maximum Gasteiger partial charge on any atom is 0.135 e. The number of nitriles is 1. The summed E-state index contributed by atoms with van der Waals surface area (Å²) in [7, 11) is 0. The molecule has 1 aromatic carbocycles. The van der Waals surface area contributed by atoms with Crippen LogP contribution in [0.15, 0.2) is 28.7 Å². The fraction of sp³-hybridized carbons (Fsp3) is 0.640. The Kier molecular flexibility index (Phi) is 10.7. The lowest BCUT2D eigenvalue weighted by Crippen LogP contribution is -1.87. The molecule has 0 aliphatic rings. The second-order valence-corrected chi connectivity index (χ2v) is 7.85. The van der Waals surface area contributed by atoms with Crippen molar-refractivity contribution in [3.63, 3.8) is 0 Å². The zero-order valence-electron chi connectivity index (χ0n) is 17.3. The zero-order chi connectivity index (χ0) is 19.2. The molecule has 0 radical (unpaired) electrons. The molecule has 1 heterocycles. The van der Waals surface area contributed by atoms with E-state index < -0.39 is 0 Å². The Hall–Kier alpha value is -1.75. The van der Waals surface area contributed by atoms with E-state index in [9.17, 15) is 5.26 Å². The number of rotatable bonds is 15. The van der Waals surface area contributed by atoms with Gasteiger partial charge in [0.05, 0.1) is 0 Å². The highest BCUT2D eigenvalue weighted by Gasteiger charge is 2.12. The lowest BCUT2D eigenvalue weighted by Gasteiger charge is -2.03. The van der Waals surface area contributed by atoms with Crippen molar-refractivity contribution in [2.75, 3.05) is 0 Å². The fourth-order valence-electron chi connectivity index (χ4n) is 3.87. The Morgan fingerprint density at radius 2 is 1.26 bits per heavy atom. The van der Waals surface area contributed by atoms with Crippen molar-refractivity contribution < 1.29 is 4.42 Å². The van der Waals surface area contributed by atoms with Crippen molar-refractivity contribution >= 4 is 11.0 Å². The SMILES string of the molecule is CCCCCCCCCCCCCCCCc1oc2ccccc2c1C#N. The van der Waals surface area contributed by atoms with Crippen molar-refractivity contribution in [1.29, 1.82) is 5.26 Å². The molecule has 148 valence electrons. The molecular formula is C25H37NO. The lowest BCUT2D eigenvalue weighted by molar-refractivity contribution is 0.511. The summed E-state index contributed by atoms with van der Waals surface area (Å²) in [4.78, 5) is 0. The number of para-hydroxylation sites is 1. The fourth-order valence-corrected chi connectivity index (χ4v) is 3.87. The standard InChI is InChI=1S/C25H37NO/c1-2-3-4-5-6-7-8-9-10-11-12-13-14-15-19-25-23(21-26)22-18-16-17-20-24(22)27-25/h16-18,20H,2-15,19H2,1H3. The molecule has 2 heteroatoms. The third-order valence-electron chi connectivity index (χ3n) is 5.54. The minimum atomic E-state index is 0.736. The molecule has 0 unspecified atom stereocenters. The molecule has 1 aromatic heterocycles. The highest BCUT2D eigenvalue weighted by atomic mass is 16.3. The first kappa shape index (κ1) is 21.5. The molecule has 0 saturated carbocycles. The van der Waals surface area contributed by atoms with E-state index in [2.05, 4.69) is 13.0 Å².